The summed E-state index contributed by atoms with van der Waals surface area (Å²) < 4.78 is 67.4. The van der Waals surface area contributed by atoms with Crippen LogP contribution in [0.1, 0.15) is 32.2 Å². The van der Waals surface area contributed by atoms with E-state index in [1.807, 2.05) is 0 Å². The van der Waals surface area contributed by atoms with Crippen LogP contribution in [0.5, 0.6) is 17.5 Å². The molecule has 5 aromatic rings. The quantitative estimate of drug-likeness (QED) is 0.0805. The van der Waals surface area contributed by atoms with Crippen molar-refractivity contribution in [2.45, 2.75) is 67.8 Å². The van der Waals surface area contributed by atoms with Gasteiger partial charge in [-0.2, -0.15) is 19.9 Å². The summed E-state index contributed by atoms with van der Waals surface area (Å²) in [5, 5.41) is 31.1. The second kappa shape index (κ2) is 17.1. The molecule has 5 unspecified atom stereocenters. The number of imidazole rings is 2. The van der Waals surface area contributed by atoms with Gasteiger partial charge in [0.2, 0.25) is 23.7 Å². The summed E-state index contributed by atoms with van der Waals surface area (Å²) in [6.07, 6.45) is -1.50. The molecule has 4 aliphatic rings. The van der Waals surface area contributed by atoms with Crippen molar-refractivity contribution in [2.75, 3.05) is 65.4 Å². The molecule has 2 spiro atoms. The molecule has 4 saturated heterocycles. The monoisotopic (exact) mass is 886 g/mol. The SMILES string of the molecule is COC(=O)[C@H](C)CP(=O)(OCC1OC(n2cnc3c(OC)nc(N)nc32)[C@@]2(CCO2)[C@@H]1O)Oc1ccccc1.COc1nc(N)nc2c1ncn2C1OC(CO)[C@@H](O)[C@]12CCO2. The van der Waals surface area contributed by atoms with Crippen molar-refractivity contribution in [2.24, 2.45) is 5.92 Å². The van der Waals surface area contributed by atoms with E-state index >= 15 is 0 Å². The van der Waals surface area contributed by atoms with Gasteiger partial charge >= 0.3 is 13.6 Å². The zero-order valence-corrected chi connectivity index (χ0v) is 34.9. The van der Waals surface area contributed by atoms with Crippen LogP contribution >= 0.6 is 7.60 Å². The molecular weight excluding hydrogens is 839 g/mol. The molecule has 0 bridgehead atoms. The number of ether oxygens (including phenoxy) is 7. The fraction of sp³-hybridized carbons (Fsp3) is 0.541. The van der Waals surface area contributed by atoms with Crippen LogP contribution < -0.4 is 25.5 Å². The largest absolute Gasteiger partial charge is 0.479 e. The van der Waals surface area contributed by atoms with E-state index in [1.54, 1.807) is 46.4 Å². The zero-order chi connectivity index (χ0) is 44.0. The molecular formula is C37H47N10O14P. The van der Waals surface area contributed by atoms with E-state index in [9.17, 15) is 24.7 Å². The molecule has 0 aliphatic carbocycles. The summed E-state index contributed by atoms with van der Waals surface area (Å²) in [7, 11) is 0.238. The fourth-order valence-corrected chi connectivity index (χ4v) is 9.91. The highest BCUT2D eigenvalue weighted by molar-refractivity contribution is 7.54. The van der Waals surface area contributed by atoms with Crippen LogP contribution in [0.25, 0.3) is 22.3 Å². The molecule has 8 heterocycles. The van der Waals surface area contributed by atoms with Crippen LogP contribution in [0.2, 0.25) is 0 Å². The number of nitrogens with zero attached hydrogens (tertiary/aromatic N) is 8. The second-order valence-corrected chi connectivity index (χ2v) is 17.0. The van der Waals surface area contributed by atoms with Gasteiger partial charge in [-0.05, 0) is 12.1 Å². The Morgan fingerprint density at radius 2 is 1.35 bits per heavy atom. The molecule has 0 saturated carbocycles. The van der Waals surface area contributed by atoms with E-state index in [4.69, 9.17) is 53.7 Å². The first kappa shape index (κ1) is 43.4. The summed E-state index contributed by atoms with van der Waals surface area (Å²) in [6.45, 7) is 1.87. The number of nitrogens with two attached hydrogens (primary N) is 2. The molecule has 0 amide bonds. The van der Waals surface area contributed by atoms with Crippen molar-refractivity contribution in [3.05, 3.63) is 43.0 Å². The summed E-state index contributed by atoms with van der Waals surface area (Å²) in [5.74, 6) is -0.565. The Balaban J connectivity index is 0.000000194. The van der Waals surface area contributed by atoms with E-state index in [-0.39, 0.29) is 43.0 Å². The Kier molecular flexibility index (Phi) is 12.0. The summed E-state index contributed by atoms with van der Waals surface area (Å²) in [4.78, 5) is 37.2. The topological polar surface area (TPSA) is 317 Å². The van der Waals surface area contributed by atoms with Gasteiger partial charge in [-0.15, -0.1) is 0 Å². The van der Waals surface area contributed by atoms with Crippen LogP contribution in [0.15, 0.2) is 43.0 Å². The highest BCUT2D eigenvalue weighted by Crippen LogP contribution is 2.54. The minimum Gasteiger partial charge on any atom is -0.479 e. The van der Waals surface area contributed by atoms with E-state index in [0.717, 1.165) is 0 Å². The Hall–Kier alpha value is -5.30. The summed E-state index contributed by atoms with van der Waals surface area (Å²) in [6, 6.07) is 8.47. The number of fused-ring (bicyclic) bond motifs is 2. The standard InChI is InChI=1S/C24H30N5O9P.C13H17N5O5/c1-14(21(31)34-3)12-39(32,38-15-7-5-4-6-8-15)36-11-16-18(30)24(9-10-35-24)22(37-16)29-13-26-17-19(29)27-23(25)28-20(17)33-2;1-21-10-7-9(16-12(14)17-10)18(5-15-7)11-13(2-3-22-13)8(20)6(4-19)23-11/h4-8,13-14,16,18,22,30H,9-12H2,1-3H3,(H2,25,27,28);5-6,8,11,19-20H,2-4H2,1H3,(H2,14,16,17)/t14-,16?,18-,22?,24-,39?;6?,8-,11?,13-/m11/s1. The summed E-state index contributed by atoms with van der Waals surface area (Å²) in [5.41, 5.74) is 11.1. The molecule has 4 fully saturated rings. The molecule has 9 rings (SSSR count). The van der Waals surface area contributed by atoms with Crippen molar-refractivity contribution in [1.29, 1.82) is 0 Å². The molecule has 10 atom stereocenters. The van der Waals surface area contributed by atoms with Gasteiger partial charge in [0.05, 0.1) is 72.5 Å². The molecule has 1 aromatic carbocycles. The van der Waals surface area contributed by atoms with Crippen LogP contribution in [0, 0.1) is 5.92 Å². The third-order valence-corrected chi connectivity index (χ3v) is 13.3. The number of nitrogen functional groups attached to an aromatic ring is 2. The molecule has 334 valence electrons. The molecule has 4 aliphatic heterocycles. The first-order valence-electron chi connectivity index (χ1n) is 19.5. The molecule has 24 nitrogen and oxygen atoms in total. The van der Waals surface area contributed by atoms with Gasteiger partial charge in [-0.25, -0.2) is 14.5 Å². The van der Waals surface area contributed by atoms with Gasteiger partial charge in [0.25, 0.3) is 0 Å². The van der Waals surface area contributed by atoms with E-state index in [1.165, 1.54) is 34.0 Å². The van der Waals surface area contributed by atoms with Crippen LogP contribution in [-0.2, 0) is 37.6 Å². The third kappa shape index (κ3) is 7.53. The molecule has 7 N–H and O–H groups in total. The number of carbonyl (C=O) groups is 1. The average molecular weight is 887 g/mol. The van der Waals surface area contributed by atoms with Crippen molar-refractivity contribution >= 4 is 47.8 Å². The number of hydrogen-bond donors (Lipinski definition) is 5. The second-order valence-electron chi connectivity index (χ2n) is 15.0. The predicted octanol–water partition coefficient (Wildman–Crippen LogP) is 0.759. The van der Waals surface area contributed by atoms with Crippen LogP contribution in [0.3, 0.4) is 0 Å². The molecule has 25 heteroatoms. The molecule has 0 radical (unpaired) electrons. The average Bonchev–Trinajstić information content (AvgIpc) is 3.99. The number of para-hydroxylation sites is 1. The Morgan fingerprint density at radius 3 is 1.81 bits per heavy atom. The number of aromatic nitrogens is 8. The van der Waals surface area contributed by atoms with Gasteiger partial charge < -0.3 is 64.5 Å². The van der Waals surface area contributed by atoms with E-state index in [2.05, 4.69) is 29.9 Å². The number of benzene rings is 1. The number of anilines is 2. The van der Waals surface area contributed by atoms with Crippen molar-refractivity contribution in [1.82, 2.24) is 39.0 Å². The zero-order valence-electron chi connectivity index (χ0n) is 34.0. The lowest BCUT2D eigenvalue weighted by atomic mass is 9.86. The van der Waals surface area contributed by atoms with Crippen molar-refractivity contribution in [3.63, 3.8) is 0 Å². The van der Waals surface area contributed by atoms with Crippen molar-refractivity contribution in [3.8, 4) is 17.5 Å². The first-order chi connectivity index (χ1) is 29.8. The number of esters is 1. The Labute approximate surface area is 352 Å². The minimum absolute atomic E-state index is 0.0261. The van der Waals surface area contributed by atoms with Gasteiger partial charge in [0.15, 0.2) is 34.8 Å². The number of methoxy groups -OCH3 is 3. The van der Waals surface area contributed by atoms with Crippen molar-refractivity contribution < 1.29 is 66.9 Å². The third-order valence-electron chi connectivity index (χ3n) is 11.3. The van der Waals surface area contributed by atoms with E-state index in [0.29, 0.717) is 54.1 Å². The smallest absolute Gasteiger partial charge is 0.380 e. The molecule has 62 heavy (non-hydrogen) atoms. The maximum Gasteiger partial charge on any atom is 0.380 e. The lowest BCUT2D eigenvalue weighted by molar-refractivity contribution is -0.225. The number of carbonyl (C=O) groups excluding carboxylic acids is 1. The number of rotatable bonds is 13. The van der Waals surface area contributed by atoms with Gasteiger partial charge in [-0.1, -0.05) is 25.1 Å². The lowest BCUT2D eigenvalue weighted by Crippen LogP contribution is -2.56. The van der Waals surface area contributed by atoms with Crippen LogP contribution in [0.4, 0.5) is 11.9 Å². The Morgan fingerprint density at radius 1 is 0.855 bits per heavy atom. The number of aliphatic hydroxyl groups excluding tert-OH is 3. The van der Waals surface area contributed by atoms with Gasteiger partial charge in [0, 0.05) is 12.8 Å². The normalized spacial score (nSPS) is 29.1. The maximum absolute atomic E-state index is 13.8. The minimum atomic E-state index is -3.92. The highest BCUT2D eigenvalue weighted by Gasteiger charge is 2.63. The maximum atomic E-state index is 13.8. The highest BCUT2D eigenvalue weighted by atomic mass is 31.2. The summed E-state index contributed by atoms with van der Waals surface area (Å²) >= 11 is 0. The van der Waals surface area contributed by atoms with Gasteiger partial charge in [0.1, 0.15) is 41.4 Å². The fourth-order valence-electron chi connectivity index (χ4n) is 8.04. The van der Waals surface area contributed by atoms with E-state index < -0.39 is 67.6 Å². The predicted molar refractivity (Wildman–Crippen MR) is 213 cm³/mol. The Bertz CT molecular complexity index is 2450. The lowest BCUT2D eigenvalue weighted by Gasteiger charge is -2.44. The first-order valence-corrected chi connectivity index (χ1v) is 21.2. The van der Waals surface area contributed by atoms with Gasteiger partial charge in [-0.3, -0.25) is 18.5 Å². The van der Waals surface area contributed by atoms with Crippen LogP contribution in [-0.4, -0.2) is 150 Å². The number of hydrogen-bond acceptors (Lipinski definition) is 22. The molecule has 4 aromatic heterocycles. The number of aliphatic hydroxyl groups is 3.